The summed E-state index contributed by atoms with van der Waals surface area (Å²) in [6, 6.07) is 7.57. The van der Waals surface area contributed by atoms with Crippen LogP contribution in [0.2, 0.25) is 0 Å². The van der Waals surface area contributed by atoms with Gasteiger partial charge in [0.05, 0.1) is 18.1 Å². The summed E-state index contributed by atoms with van der Waals surface area (Å²) in [6.07, 6.45) is 8.47. The Morgan fingerprint density at radius 2 is 1.88 bits per heavy atom. The van der Waals surface area contributed by atoms with E-state index in [1.54, 1.807) is 24.0 Å². The Morgan fingerprint density at radius 3 is 2.60 bits per heavy atom. The number of aliphatic hydroxyl groups is 1. The third-order valence-corrected chi connectivity index (χ3v) is 9.18. The van der Waals surface area contributed by atoms with Gasteiger partial charge in [0.1, 0.15) is 23.7 Å². The summed E-state index contributed by atoms with van der Waals surface area (Å²) in [5, 5.41) is 12.6. The molecule has 0 radical (unpaired) electrons. The van der Waals surface area contributed by atoms with Crippen LogP contribution >= 0.6 is 0 Å². The zero-order valence-corrected chi connectivity index (χ0v) is 25.2. The van der Waals surface area contributed by atoms with Crippen molar-refractivity contribution >= 4 is 23.7 Å². The molecular formula is C33H43N3O7. The van der Waals surface area contributed by atoms with E-state index in [0.717, 1.165) is 12.8 Å². The predicted molar refractivity (Wildman–Crippen MR) is 158 cm³/mol. The molecule has 5 rings (SSSR count). The highest BCUT2D eigenvalue weighted by atomic mass is 16.6. The molecule has 8 atom stereocenters. The molecular weight excluding hydrogens is 550 g/mol. The standard InChI is InChI=1S/C33H43N3O7/c1-4-12-21(2)35-18-10-6-9-15-25(38)34-22(3)28(23-13-7-5-8-14-23)42-32(41)26-24-16-17-33(43-24)27(26)30(39)36(19-11-20-37)29(33)31(35)40/h5-8,10,13-14,16-17,21-22,24,26-29,37H,4,9,11-12,15,18-20H2,1-3H3,(H,34,38)/b10-6-/t21?,22-,24+,26-,27-,28+,29+,33-/m0/s1. The summed E-state index contributed by atoms with van der Waals surface area (Å²) in [5.41, 5.74) is -0.603. The number of nitrogens with one attached hydrogen (secondary N) is 1. The van der Waals surface area contributed by atoms with Crippen molar-refractivity contribution in [3.63, 3.8) is 0 Å². The topological polar surface area (TPSA) is 125 Å². The molecule has 43 heavy (non-hydrogen) atoms. The highest BCUT2D eigenvalue weighted by molar-refractivity contribution is 5.99. The number of rotatable bonds is 7. The van der Waals surface area contributed by atoms with Crippen molar-refractivity contribution in [2.45, 2.75) is 88.8 Å². The van der Waals surface area contributed by atoms with Crippen molar-refractivity contribution < 1.29 is 33.8 Å². The molecule has 4 aliphatic rings. The van der Waals surface area contributed by atoms with Crippen LogP contribution in [0.1, 0.15) is 64.5 Å². The first kappa shape index (κ1) is 30.9. The fourth-order valence-electron chi connectivity index (χ4n) is 7.14. The van der Waals surface area contributed by atoms with Gasteiger partial charge >= 0.3 is 5.97 Å². The van der Waals surface area contributed by atoms with Crippen molar-refractivity contribution in [1.29, 1.82) is 0 Å². The number of nitrogens with zero attached hydrogens (tertiary/aromatic N) is 2. The second-order valence-corrected chi connectivity index (χ2v) is 12.1. The number of cyclic esters (lactones) is 1. The quantitative estimate of drug-likeness (QED) is 0.368. The molecule has 0 saturated carbocycles. The number of carbonyl (C=O) groups is 4. The Hall–Kier alpha value is -3.50. The van der Waals surface area contributed by atoms with Crippen LogP contribution in [0.25, 0.3) is 0 Å². The largest absolute Gasteiger partial charge is 0.455 e. The molecule has 10 nitrogen and oxygen atoms in total. The molecule has 1 aromatic rings. The van der Waals surface area contributed by atoms with E-state index in [-0.39, 0.29) is 49.8 Å². The molecule has 0 aliphatic carbocycles. The molecule has 10 heteroatoms. The molecule has 1 unspecified atom stereocenters. The van der Waals surface area contributed by atoms with Gasteiger partial charge < -0.3 is 29.7 Å². The summed E-state index contributed by atoms with van der Waals surface area (Å²) in [6.45, 7) is 6.17. The third-order valence-electron chi connectivity index (χ3n) is 9.18. The van der Waals surface area contributed by atoms with E-state index in [4.69, 9.17) is 9.47 Å². The Morgan fingerprint density at radius 1 is 1.12 bits per heavy atom. The lowest BCUT2D eigenvalue weighted by Crippen LogP contribution is -2.57. The van der Waals surface area contributed by atoms with Crippen molar-refractivity contribution in [2.75, 3.05) is 19.7 Å². The predicted octanol–water partition coefficient (Wildman–Crippen LogP) is 2.68. The van der Waals surface area contributed by atoms with Crippen LogP contribution in [-0.4, -0.2) is 88.1 Å². The number of carbonyl (C=O) groups excluding carboxylic acids is 4. The van der Waals surface area contributed by atoms with Crippen molar-refractivity contribution in [3.8, 4) is 0 Å². The van der Waals surface area contributed by atoms with Crippen molar-refractivity contribution in [1.82, 2.24) is 15.1 Å². The maximum Gasteiger partial charge on any atom is 0.313 e. The molecule has 1 aromatic carbocycles. The van der Waals surface area contributed by atoms with E-state index in [2.05, 4.69) is 12.2 Å². The van der Waals surface area contributed by atoms with Gasteiger partial charge in [-0.15, -0.1) is 0 Å². The number of aliphatic hydroxyl groups excluding tert-OH is 1. The van der Waals surface area contributed by atoms with Crippen LogP contribution in [0.4, 0.5) is 0 Å². The van der Waals surface area contributed by atoms with Crippen LogP contribution in [0.15, 0.2) is 54.6 Å². The normalized spacial score (nSPS) is 34.2. The third kappa shape index (κ3) is 5.74. The minimum atomic E-state index is -1.32. The molecule has 3 amide bonds. The zero-order chi connectivity index (χ0) is 30.7. The molecule has 4 heterocycles. The van der Waals surface area contributed by atoms with Crippen LogP contribution in [-0.2, 0) is 28.7 Å². The van der Waals surface area contributed by atoms with Gasteiger partial charge in [-0.2, -0.15) is 0 Å². The average Bonchev–Trinajstić information content (AvgIpc) is 3.63. The van der Waals surface area contributed by atoms with Gasteiger partial charge in [0, 0.05) is 32.2 Å². The van der Waals surface area contributed by atoms with Crippen LogP contribution in [0, 0.1) is 11.8 Å². The molecule has 1 spiro atoms. The number of amides is 3. The van der Waals surface area contributed by atoms with Crippen LogP contribution in [0.5, 0.6) is 0 Å². The smallest absolute Gasteiger partial charge is 0.313 e. The fourth-order valence-corrected chi connectivity index (χ4v) is 7.14. The van der Waals surface area contributed by atoms with E-state index in [1.165, 1.54) is 4.90 Å². The summed E-state index contributed by atoms with van der Waals surface area (Å²) in [5.74, 6) is -3.29. The van der Waals surface area contributed by atoms with Gasteiger partial charge in [0.15, 0.2) is 0 Å². The van der Waals surface area contributed by atoms with E-state index in [9.17, 15) is 24.3 Å². The van der Waals surface area contributed by atoms with E-state index >= 15 is 0 Å². The van der Waals surface area contributed by atoms with E-state index in [0.29, 0.717) is 18.5 Å². The maximum atomic E-state index is 14.5. The Balaban J connectivity index is 1.57. The van der Waals surface area contributed by atoms with E-state index in [1.807, 2.05) is 49.4 Å². The lowest BCUT2D eigenvalue weighted by atomic mass is 9.74. The number of fused-ring (bicyclic) bond motifs is 2. The molecule has 2 fully saturated rings. The first-order valence-corrected chi connectivity index (χ1v) is 15.5. The van der Waals surface area contributed by atoms with Crippen molar-refractivity contribution in [2.24, 2.45) is 11.8 Å². The summed E-state index contributed by atoms with van der Waals surface area (Å²) in [4.78, 5) is 58.9. The highest BCUT2D eigenvalue weighted by Gasteiger charge is 2.73. The van der Waals surface area contributed by atoms with Crippen LogP contribution in [0.3, 0.4) is 0 Å². The molecule has 4 aliphatic heterocycles. The first-order valence-electron chi connectivity index (χ1n) is 15.5. The number of benzene rings is 1. The van der Waals surface area contributed by atoms with Gasteiger partial charge in [0.2, 0.25) is 17.7 Å². The van der Waals surface area contributed by atoms with Gasteiger partial charge in [-0.05, 0) is 38.7 Å². The Labute approximate surface area is 253 Å². The number of likely N-dealkylation sites (tertiary alicyclic amines) is 1. The molecule has 232 valence electrons. The number of allylic oxidation sites excluding steroid dienone is 1. The minimum absolute atomic E-state index is 0.117. The summed E-state index contributed by atoms with van der Waals surface area (Å²) >= 11 is 0. The van der Waals surface area contributed by atoms with Gasteiger partial charge in [-0.25, -0.2) is 0 Å². The summed E-state index contributed by atoms with van der Waals surface area (Å²) < 4.78 is 12.6. The van der Waals surface area contributed by atoms with Crippen LogP contribution < -0.4 is 5.32 Å². The molecule has 2 N–H and O–H groups in total. The molecule has 0 aromatic heterocycles. The van der Waals surface area contributed by atoms with Crippen molar-refractivity contribution in [3.05, 3.63) is 60.2 Å². The van der Waals surface area contributed by atoms with Gasteiger partial charge in [0.25, 0.3) is 0 Å². The number of esters is 1. The molecule has 5 bridgehead atoms. The number of hydrogen-bond donors (Lipinski definition) is 2. The van der Waals surface area contributed by atoms with E-state index < -0.39 is 47.7 Å². The minimum Gasteiger partial charge on any atom is -0.455 e. The Bertz CT molecular complexity index is 1270. The second-order valence-electron chi connectivity index (χ2n) is 12.1. The summed E-state index contributed by atoms with van der Waals surface area (Å²) in [7, 11) is 0. The average molecular weight is 594 g/mol. The number of ether oxygens (including phenoxy) is 2. The maximum absolute atomic E-state index is 14.5. The zero-order valence-electron chi connectivity index (χ0n) is 25.2. The Kier molecular flexibility index (Phi) is 9.36. The SMILES string of the molecule is CCCC(C)N1C/C=C\CCC(=O)N[C@@H](C)[C@H](c2ccccc2)OC(=O)[C@@H]2[C@H]3C(=O)N(CCCO)[C@H](C1=O)[C@]31C=C[C@H]2O1. The second kappa shape index (κ2) is 13.0. The fraction of sp³-hybridized carbons (Fsp3) is 0.576. The lowest BCUT2D eigenvalue weighted by molar-refractivity contribution is -0.161. The highest BCUT2D eigenvalue weighted by Crippen LogP contribution is 2.56. The molecule has 2 saturated heterocycles. The van der Waals surface area contributed by atoms with Gasteiger partial charge in [-0.3, -0.25) is 19.2 Å². The van der Waals surface area contributed by atoms with Gasteiger partial charge in [-0.1, -0.05) is 68.0 Å². The number of hydrogen-bond acceptors (Lipinski definition) is 7. The monoisotopic (exact) mass is 593 g/mol. The first-order chi connectivity index (χ1) is 20.7. The lowest BCUT2D eigenvalue weighted by Gasteiger charge is -2.38.